The molecular formula is C15H30N+. The molecule has 0 amide bonds. The van der Waals surface area contributed by atoms with Crippen molar-refractivity contribution in [2.24, 2.45) is 0 Å². The molecule has 0 fully saturated rings. The van der Waals surface area contributed by atoms with E-state index < -0.39 is 0 Å². The minimum Gasteiger partial charge on any atom is -0.321 e. The Morgan fingerprint density at radius 1 is 1.06 bits per heavy atom. The molecular weight excluding hydrogens is 194 g/mol. The zero-order valence-electron chi connectivity index (χ0n) is 11.9. The highest BCUT2D eigenvalue weighted by Gasteiger charge is 2.20. The van der Waals surface area contributed by atoms with Gasteiger partial charge in [0.2, 0.25) is 0 Å². The van der Waals surface area contributed by atoms with E-state index in [0.29, 0.717) is 0 Å². The molecule has 0 aliphatic rings. The van der Waals surface area contributed by atoms with Crippen LogP contribution in [-0.4, -0.2) is 30.7 Å². The number of nitrogens with zero attached hydrogens (tertiary/aromatic N) is 1. The molecule has 0 aromatic rings. The molecule has 0 radical (unpaired) electrons. The Labute approximate surface area is 103 Å². The Morgan fingerprint density at radius 2 is 1.50 bits per heavy atom. The first-order chi connectivity index (χ1) is 7.64. The lowest BCUT2D eigenvalue weighted by molar-refractivity contribution is -0.918. The fourth-order valence-electron chi connectivity index (χ4n) is 1.69. The number of hydrogen-bond acceptors (Lipinski definition) is 0. The van der Waals surface area contributed by atoms with Gasteiger partial charge in [0, 0.05) is 0 Å². The third-order valence-corrected chi connectivity index (χ3v) is 3.02. The number of quaternary nitrogens is 1. The van der Waals surface area contributed by atoms with E-state index in [1.54, 1.807) is 6.08 Å². The molecule has 0 saturated carbocycles. The zero-order chi connectivity index (χ0) is 13.0. The van der Waals surface area contributed by atoms with Crippen molar-refractivity contribution in [2.45, 2.75) is 34.6 Å². The van der Waals surface area contributed by atoms with Crippen LogP contribution in [0, 0.1) is 0 Å². The molecule has 1 nitrogen and oxygen atoms in total. The molecule has 94 valence electrons. The van der Waals surface area contributed by atoms with Gasteiger partial charge in [0.15, 0.2) is 0 Å². The second kappa shape index (κ2) is 10.7. The summed E-state index contributed by atoms with van der Waals surface area (Å²) in [4.78, 5) is 0. The first-order valence-corrected chi connectivity index (χ1v) is 6.46. The summed E-state index contributed by atoms with van der Waals surface area (Å²) in [6.45, 7) is 23.0. The molecule has 0 aromatic carbocycles. The van der Waals surface area contributed by atoms with Crippen molar-refractivity contribution in [1.29, 1.82) is 0 Å². The maximum atomic E-state index is 4.07. The predicted molar refractivity (Wildman–Crippen MR) is 76.6 cm³/mol. The smallest absolute Gasteiger partial charge is 0.104 e. The number of likely N-dealkylation sites (N-methyl/N-ethyl adjacent to an activating group) is 1. The van der Waals surface area contributed by atoms with Gasteiger partial charge in [0.1, 0.15) is 6.54 Å². The van der Waals surface area contributed by atoms with Crippen molar-refractivity contribution >= 4 is 0 Å². The summed E-state index contributed by atoms with van der Waals surface area (Å²) in [6, 6.07) is 0. The molecule has 16 heavy (non-hydrogen) atoms. The Morgan fingerprint density at radius 3 is 1.81 bits per heavy atom. The van der Waals surface area contributed by atoms with Crippen LogP contribution in [0.5, 0.6) is 0 Å². The fourth-order valence-corrected chi connectivity index (χ4v) is 1.69. The molecule has 0 rings (SSSR count). The molecule has 0 atom stereocenters. The lowest BCUT2D eigenvalue weighted by Gasteiger charge is -2.36. The topological polar surface area (TPSA) is 0 Å². The largest absolute Gasteiger partial charge is 0.321 e. The molecule has 0 aliphatic carbocycles. The summed E-state index contributed by atoms with van der Waals surface area (Å²) >= 11 is 0. The van der Waals surface area contributed by atoms with E-state index in [1.807, 2.05) is 19.9 Å². The van der Waals surface area contributed by atoms with E-state index in [4.69, 9.17) is 0 Å². The van der Waals surface area contributed by atoms with Gasteiger partial charge in [-0.2, -0.15) is 0 Å². The average Bonchev–Trinajstić information content (AvgIpc) is 2.36. The molecule has 0 aliphatic heterocycles. The fraction of sp³-hybridized carbons (Fsp3) is 0.600. The van der Waals surface area contributed by atoms with Gasteiger partial charge in [-0.05, 0) is 26.3 Å². The molecule has 0 N–H and O–H groups in total. The Kier molecular flexibility index (Phi) is 11.7. The van der Waals surface area contributed by atoms with Crippen molar-refractivity contribution in [3.8, 4) is 0 Å². The van der Waals surface area contributed by atoms with Gasteiger partial charge in [-0.3, -0.25) is 0 Å². The lowest BCUT2D eigenvalue weighted by Crippen LogP contribution is -2.48. The highest BCUT2D eigenvalue weighted by Crippen LogP contribution is 2.10. The van der Waals surface area contributed by atoms with Gasteiger partial charge < -0.3 is 4.48 Å². The van der Waals surface area contributed by atoms with Crippen LogP contribution in [0.3, 0.4) is 0 Å². The molecule has 0 spiro atoms. The standard InChI is InChI=1S/C13H24N.C2H6/c1-6-10-11-13(5)12-14(7-2,8-3)9-4;1-2/h6,10-11H,1,5,7-9,12H2,2-4H3;1-2H3/q+1;/b11-10-;. The van der Waals surface area contributed by atoms with E-state index in [2.05, 4.69) is 40.0 Å². The third-order valence-electron chi connectivity index (χ3n) is 3.02. The molecule has 0 aromatic heterocycles. The summed E-state index contributed by atoms with van der Waals surface area (Å²) in [5, 5.41) is 0. The van der Waals surface area contributed by atoms with E-state index >= 15 is 0 Å². The van der Waals surface area contributed by atoms with Crippen molar-refractivity contribution in [3.63, 3.8) is 0 Å². The highest BCUT2D eigenvalue weighted by atomic mass is 15.3. The molecule has 0 unspecified atom stereocenters. The Bertz CT molecular complexity index is 201. The predicted octanol–water partition coefficient (Wildman–Crippen LogP) is 4.19. The van der Waals surface area contributed by atoms with E-state index in [0.717, 1.165) is 11.0 Å². The van der Waals surface area contributed by atoms with E-state index in [-0.39, 0.29) is 0 Å². The number of allylic oxidation sites excluding steroid dienone is 2. The van der Waals surface area contributed by atoms with Crippen LogP contribution in [0.15, 0.2) is 37.0 Å². The van der Waals surface area contributed by atoms with Crippen molar-refractivity contribution in [3.05, 3.63) is 37.0 Å². The first kappa shape index (κ1) is 17.6. The van der Waals surface area contributed by atoms with Gasteiger partial charge in [-0.1, -0.05) is 45.2 Å². The summed E-state index contributed by atoms with van der Waals surface area (Å²) < 4.78 is 1.13. The van der Waals surface area contributed by atoms with Crippen LogP contribution in [-0.2, 0) is 0 Å². The van der Waals surface area contributed by atoms with Crippen LogP contribution < -0.4 is 0 Å². The molecule has 1 heteroatoms. The minimum atomic E-state index is 1.05. The zero-order valence-corrected chi connectivity index (χ0v) is 11.9. The molecule has 0 bridgehead atoms. The van der Waals surface area contributed by atoms with Crippen molar-refractivity contribution in [2.75, 3.05) is 26.2 Å². The summed E-state index contributed by atoms with van der Waals surface area (Å²) in [5.74, 6) is 0. The quantitative estimate of drug-likeness (QED) is 0.449. The van der Waals surface area contributed by atoms with Crippen LogP contribution in [0.1, 0.15) is 34.6 Å². The van der Waals surface area contributed by atoms with Gasteiger partial charge in [0.25, 0.3) is 0 Å². The van der Waals surface area contributed by atoms with Crippen LogP contribution in [0.25, 0.3) is 0 Å². The maximum Gasteiger partial charge on any atom is 0.104 e. The van der Waals surface area contributed by atoms with Gasteiger partial charge in [0.05, 0.1) is 19.6 Å². The second-order valence-electron chi connectivity index (χ2n) is 3.70. The third kappa shape index (κ3) is 6.62. The highest BCUT2D eigenvalue weighted by molar-refractivity contribution is 5.18. The van der Waals surface area contributed by atoms with E-state index in [9.17, 15) is 0 Å². The lowest BCUT2D eigenvalue weighted by atomic mass is 10.2. The Hall–Kier alpha value is -0.820. The van der Waals surface area contributed by atoms with Gasteiger partial charge in [-0.15, -0.1) is 0 Å². The SMILES string of the molecule is C=C/C=C\C(=C)C[N+](CC)(CC)CC.CC. The molecule has 0 heterocycles. The summed E-state index contributed by atoms with van der Waals surface area (Å²) in [6.07, 6.45) is 5.81. The van der Waals surface area contributed by atoms with Crippen molar-refractivity contribution < 1.29 is 4.48 Å². The van der Waals surface area contributed by atoms with Crippen LogP contribution >= 0.6 is 0 Å². The second-order valence-corrected chi connectivity index (χ2v) is 3.70. The average molecular weight is 224 g/mol. The summed E-state index contributed by atoms with van der Waals surface area (Å²) in [7, 11) is 0. The van der Waals surface area contributed by atoms with Gasteiger partial charge in [-0.25, -0.2) is 0 Å². The molecule has 0 saturated heterocycles. The van der Waals surface area contributed by atoms with Crippen LogP contribution in [0.2, 0.25) is 0 Å². The van der Waals surface area contributed by atoms with Crippen LogP contribution in [0.4, 0.5) is 0 Å². The monoisotopic (exact) mass is 224 g/mol. The van der Waals surface area contributed by atoms with Gasteiger partial charge >= 0.3 is 0 Å². The first-order valence-electron chi connectivity index (χ1n) is 6.46. The maximum absolute atomic E-state index is 4.07. The van der Waals surface area contributed by atoms with Crippen molar-refractivity contribution in [1.82, 2.24) is 0 Å². The summed E-state index contributed by atoms with van der Waals surface area (Å²) in [5.41, 5.74) is 1.19. The number of rotatable bonds is 7. The Balaban J connectivity index is 0. The normalized spacial score (nSPS) is 10.8. The number of hydrogen-bond donors (Lipinski definition) is 0. The van der Waals surface area contributed by atoms with E-state index in [1.165, 1.54) is 25.2 Å². The minimum absolute atomic E-state index is 1.05.